The van der Waals surface area contributed by atoms with Gasteiger partial charge in [-0.25, -0.2) is 4.79 Å². The molecule has 1 aliphatic rings. The summed E-state index contributed by atoms with van der Waals surface area (Å²) in [5.74, 6) is -1.91. The van der Waals surface area contributed by atoms with Crippen LogP contribution in [0.5, 0.6) is 0 Å². The number of ether oxygens (including phenoxy) is 1. The molecule has 5 aromatic carbocycles. The highest BCUT2D eigenvalue weighted by Crippen LogP contribution is 2.26. The maximum Gasteiger partial charge on any atom is 0.335 e. The monoisotopic (exact) mass is 698 g/mol. The van der Waals surface area contributed by atoms with Crippen LogP contribution in [-0.4, -0.2) is 85.0 Å². The van der Waals surface area contributed by atoms with Gasteiger partial charge in [0.1, 0.15) is 0 Å². The fraction of sp³-hybridized carbons (Fsp3) is 0.238. The van der Waals surface area contributed by atoms with Gasteiger partial charge in [0.15, 0.2) is 0 Å². The van der Waals surface area contributed by atoms with E-state index in [0.29, 0.717) is 47.8 Å². The minimum atomic E-state index is -0.935. The number of nitrogens with one attached hydrogen (secondary N) is 2. The van der Waals surface area contributed by atoms with Crippen LogP contribution in [-0.2, 0) is 17.6 Å². The lowest BCUT2D eigenvalue weighted by molar-refractivity contribution is 0.0338. The number of nitrogens with zero attached hydrogens (tertiary/aromatic N) is 2. The molecule has 6 rings (SSSR count). The molecule has 0 unspecified atom stereocenters. The van der Waals surface area contributed by atoms with E-state index in [1.807, 2.05) is 60.7 Å². The molecule has 266 valence electrons. The zero-order chi connectivity index (χ0) is 36.5. The summed E-state index contributed by atoms with van der Waals surface area (Å²) in [6.45, 7) is 4.38. The summed E-state index contributed by atoms with van der Waals surface area (Å²) in [5.41, 5.74) is 4.46. The molecule has 10 nitrogen and oxygen atoms in total. The van der Waals surface area contributed by atoms with E-state index in [-0.39, 0.29) is 17.4 Å². The number of hydrogen-bond acceptors (Lipinski definition) is 6. The third-order valence-electron chi connectivity index (χ3n) is 9.30. The number of carboxylic acids is 1. The Kier molecular flexibility index (Phi) is 11.7. The SMILES string of the molecule is CN(CCN1CCOCC1)C(=O)c1cccc(C(=O)Nc2cc3ccccc3cc2C(=O)Nc2ccc(CCCc3ccc(C(=O)O)cc3)cc2)c1. The smallest absolute Gasteiger partial charge is 0.335 e. The van der Waals surface area contributed by atoms with E-state index in [4.69, 9.17) is 9.84 Å². The van der Waals surface area contributed by atoms with Gasteiger partial charge in [-0.1, -0.05) is 54.6 Å². The van der Waals surface area contributed by atoms with Gasteiger partial charge in [-0.2, -0.15) is 0 Å². The Balaban J connectivity index is 1.10. The number of aryl methyl sites for hydroxylation is 2. The van der Waals surface area contributed by atoms with Crippen LogP contribution in [0.3, 0.4) is 0 Å². The summed E-state index contributed by atoms with van der Waals surface area (Å²) < 4.78 is 5.41. The Bertz CT molecular complexity index is 2060. The molecule has 5 aromatic rings. The van der Waals surface area contributed by atoms with Crippen molar-refractivity contribution in [2.24, 2.45) is 0 Å². The van der Waals surface area contributed by atoms with E-state index in [9.17, 15) is 19.2 Å². The van der Waals surface area contributed by atoms with Crippen LogP contribution in [0, 0.1) is 0 Å². The third-order valence-corrected chi connectivity index (χ3v) is 9.30. The molecule has 1 fully saturated rings. The molecule has 0 radical (unpaired) electrons. The molecule has 0 atom stereocenters. The molecule has 3 amide bonds. The van der Waals surface area contributed by atoms with Crippen molar-refractivity contribution in [3.8, 4) is 0 Å². The molecule has 0 aromatic heterocycles. The van der Waals surface area contributed by atoms with Crippen molar-refractivity contribution < 1.29 is 29.0 Å². The van der Waals surface area contributed by atoms with Crippen LogP contribution < -0.4 is 10.6 Å². The van der Waals surface area contributed by atoms with Crippen molar-refractivity contribution in [3.05, 3.63) is 143 Å². The number of anilines is 2. The Morgan fingerprint density at radius 1 is 0.712 bits per heavy atom. The predicted molar refractivity (Wildman–Crippen MR) is 202 cm³/mol. The van der Waals surface area contributed by atoms with Crippen molar-refractivity contribution in [3.63, 3.8) is 0 Å². The Labute approximate surface area is 303 Å². The number of hydrogen-bond donors (Lipinski definition) is 3. The van der Waals surface area contributed by atoms with Gasteiger partial charge in [0.05, 0.1) is 30.0 Å². The van der Waals surface area contributed by atoms with Crippen molar-refractivity contribution >= 4 is 45.8 Å². The van der Waals surface area contributed by atoms with Gasteiger partial charge < -0.3 is 25.4 Å². The molecule has 10 heteroatoms. The Hall–Kier alpha value is -5.84. The summed E-state index contributed by atoms with van der Waals surface area (Å²) in [6, 6.07) is 32.4. The summed E-state index contributed by atoms with van der Waals surface area (Å²) in [5, 5.41) is 16.7. The first-order valence-corrected chi connectivity index (χ1v) is 17.5. The zero-order valence-corrected chi connectivity index (χ0v) is 29.1. The molecule has 0 spiro atoms. The van der Waals surface area contributed by atoms with E-state index in [1.54, 1.807) is 60.5 Å². The molecule has 1 heterocycles. The van der Waals surface area contributed by atoms with E-state index in [2.05, 4.69) is 15.5 Å². The molecule has 1 aliphatic heterocycles. The first-order valence-electron chi connectivity index (χ1n) is 17.5. The van der Waals surface area contributed by atoms with Crippen LogP contribution in [0.15, 0.2) is 109 Å². The van der Waals surface area contributed by atoms with Gasteiger partial charge in [-0.15, -0.1) is 0 Å². The Morgan fingerprint density at radius 3 is 2.02 bits per heavy atom. The van der Waals surface area contributed by atoms with Gasteiger partial charge >= 0.3 is 5.97 Å². The first kappa shape index (κ1) is 36.0. The van der Waals surface area contributed by atoms with Gasteiger partial charge in [0, 0.05) is 50.0 Å². The van der Waals surface area contributed by atoms with Crippen molar-refractivity contribution in [1.82, 2.24) is 9.80 Å². The first-order chi connectivity index (χ1) is 25.2. The minimum absolute atomic E-state index is 0.174. The van der Waals surface area contributed by atoms with Crippen molar-refractivity contribution in [1.29, 1.82) is 0 Å². The van der Waals surface area contributed by atoms with Gasteiger partial charge in [-0.05, 0) is 95.8 Å². The van der Waals surface area contributed by atoms with Crippen molar-refractivity contribution in [2.45, 2.75) is 19.3 Å². The maximum absolute atomic E-state index is 13.7. The fourth-order valence-electron chi connectivity index (χ4n) is 6.22. The molecular weight excluding hydrogens is 656 g/mol. The average Bonchev–Trinajstić information content (AvgIpc) is 3.17. The van der Waals surface area contributed by atoms with E-state index < -0.39 is 11.9 Å². The normalized spacial score (nSPS) is 13.0. The fourth-order valence-corrected chi connectivity index (χ4v) is 6.22. The highest BCUT2D eigenvalue weighted by molar-refractivity contribution is 6.15. The van der Waals surface area contributed by atoms with E-state index in [0.717, 1.165) is 60.8 Å². The zero-order valence-electron chi connectivity index (χ0n) is 29.1. The third kappa shape index (κ3) is 9.28. The summed E-state index contributed by atoms with van der Waals surface area (Å²) in [7, 11) is 1.76. The second kappa shape index (κ2) is 16.9. The van der Waals surface area contributed by atoms with Crippen LogP contribution in [0.2, 0.25) is 0 Å². The standard InChI is InChI=1S/C42H42N4O6/c1-45(20-21-46-22-24-52-25-23-46)41(49)35-11-5-10-34(26-35)39(47)44-38-28-33-9-3-2-8-32(33)27-37(38)40(48)43-36-18-14-30(15-19-36)7-4-6-29-12-16-31(17-13-29)42(50)51/h2-3,5,8-19,26-28H,4,6-7,20-25H2,1H3,(H,43,48)(H,44,47)(H,50,51). The number of aromatic carboxylic acids is 1. The lowest BCUT2D eigenvalue weighted by Gasteiger charge is -2.28. The predicted octanol–water partition coefficient (Wildman–Crippen LogP) is 6.62. The highest BCUT2D eigenvalue weighted by atomic mass is 16.5. The molecule has 0 aliphatic carbocycles. The average molecular weight is 699 g/mol. The Morgan fingerprint density at radius 2 is 1.35 bits per heavy atom. The van der Waals surface area contributed by atoms with Gasteiger partial charge in [0.2, 0.25) is 0 Å². The van der Waals surface area contributed by atoms with Crippen molar-refractivity contribution in [2.75, 3.05) is 57.1 Å². The number of carbonyl (C=O) groups excluding carboxylic acids is 3. The topological polar surface area (TPSA) is 128 Å². The van der Waals surface area contributed by atoms with Gasteiger partial charge in [0.25, 0.3) is 17.7 Å². The number of benzene rings is 5. The lowest BCUT2D eigenvalue weighted by Crippen LogP contribution is -2.41. The summed E-state index contributed by atoms with van der Waals surface area (Å²) in [6.07, 6.45) is 2.54. The lowest BCUT2D eigenvalue weighted by atomic mass is 10.0. The van der Waals surface area contributed by atoms with Gasteiger partial charge in [-0.3, -0.25) is 19.3 Å². The largest absolute Gasteiger partial charge is 0.478 e. The molecule has 0 bridgehead atoms. The molecule has 3 N–H and O–H groups in total. The molecule has 1 saturated heterocycles. The number of amides is 3. The molecular formula is C42H42N4O6. The van der Waals surface area contributed by atoms with E-state index in [1.165, 1.54) is 0 Å². The molecule has 0 saturated carbocycles. The number of fused-ring (bicyclic) bond motifs is 1. The van der Waals surface area contributed by atoms with E-state index >= 15 is 0 Å². The second-order valence-electron chi connectivity index (χ2n) is 13.0. The van der Waals surface area contributed by atoms with Crippen LogP contribution in [0.1, 0.15) is 59.0 Å². The number of likely N-dealkylation sites (N-methyl/N-ethyl adjacent to an activating group) is 1. The number of morpholine rings is 1. The van der Waals surface area contributed by atoms with Crippen LogP contribution >= 0.6 is 0 Å². The summed E-state index contributed by atoms with van der Waals surface area (Å²) >= 11 is 0. The highest BCUT2D eigenvalue weighted by Gasteiger charge is 2.19. The quantitative estimate of drug-likeness (QED) is 0.126. The maximum atomic E-state index is 13.7. The molecule has 52 heavy (non-hydrogen) atoms. The van der Waals surface area contributed by atoms with Crippen LogP contribution in [0.4, 0.5) is 11.4 Å². The van der Waals surface area contributed by atoms with Crippen LogP contribution in [0.25, 0.3) is 10.8 Å². The minimum Gasteiger partial charge on any atom is -0.478 e. The number of rotatable bonds is 13. The number of carboxylic acid groups (broad SMARTS) is 1. The summed E-state index contributed by atoms with van der Waals surface area (Å²) in [4.78, 5) is 55.6. The number of carbonyl (C=O) groups is 4. The second-order valence-corrected chi connectivity index (χ2v) is 13.0.